The van der Waals surface area contributed by atoms with Crippen molar-refractivity contribution in [2.45, 2.75) is 6.42 Å². The molecular weight excluding hydrogens is 312 g/mol. The summed E-state index contributed by atoms with van der Waals surface area (Å²) in [4.78, 5) is 21.6. The fraction of sp³-hybridized carbons (Fsp3) is 0.273. The van der Waals surface area contributed by atoms with Crippen LogP contribution in [0, 0.1) is 11.6 Å². The predicted octanol–water partition coefficient (Wildman–Crippen LogP) is 0.968. The third kappa shape index (κ3) is 4.67. The van der Waals surface area contributed by atoms with E-state index in [2.05, 4.69) is 4.74 Å². The van der Waals surface area contributed by atoms with E-state index in [1.165, 1.54) is 0 Å². The lowest BCUT2D eigenvalue weighted by molar-refractivity contribution is -0.136. The lowest BCUT2D eigenvalue weighted by Gasteiger charge is -2.10. The summed E-state index contributed by atoms with van der Waals surface area (Å²) in [5, 5.41) is 8.41. The third-order valence-corrected chi connectivity index (χ3v) is 3.58. The molecule has 0 aliphatic heterocycles. The van der Waals surface area contributed by atoms with Gasteiger partial charge in [-0.1, -0.05) is 0 Å². The quantitative estimate of drug-likeness (QED) is 0.755. The summed E-state index contributed by atoms with van der Waals surface area (Å²) in [6, 6.07) is 0.954. The fourth-order valence-corrected chi connectivity index (χ4v) is 2.37. The number of rotatable bonds is 6. The molecule has 0 aliphatic rings. The minimum atomic E-state index is -4.16. The summed E-state index contributed by atoms with van der Waals surface area (Å²) < 4.78 is 55.9. The lowest BCUT2D eigenvalue weighted by atomic mass is 10.2. The minimum absolute atomic E-state index is 0.321. The summed E-state index contributed by atoms with van der Waals surface area (Å²) >= 11 is 0. The smallest absolute Gasteiger partial charge is 0.340 e. The number of ether oxygens (including phenoxy) is 1. The molecule has 2 N–H and O–H groups in total. The van der Waals surface area contributed by atoms with Crippen molar-refractivity contribution in [3.05, 3.63) is 29.3 Å². The van der Waals surface area contributed by atoms with Crippen LogP contribution < -0.4 is 4.72 Å². The van der Waals surface area contributed by atoms with Crippen molar-refractivity contribution >= 4 is 27.6 Å². The molecule has 0 saturated carbocycles. The van der Waals surface area contributed by atoms with E-state index in [9.17, 15) is 26.8 Å². The molecule has 21 heavy (non-hydrogen) atoms. The molecule has 0 spiro atoms. The first-order valence-corrected chi connectivity index (χ1v) is 7.11. The van der Waals surface area contributed by atoms with E-state index in [1.54, 1.807) is 4.72 Å². The normalized spacial score (nSPS) is 11.0. The van der Waals surface area contributed by atoms with E-state index in [4.69, 9.17) is 5.11 Å². The summed E-state index contributed by atoms with van der Waals surface area (Å²) in [7, 11) is -3.19. The van der Waals surface area contributed by atoms with Crippen LogP contribution in [0.25, 0.3) is 0 Å². The molecule has 0 unspecified atom stereocenters. The molecule has 1 aromatic rings. The van der Waals surface area contributed by atoms with Crippen molar-refractivity contribution in [1.29, 1.82) is 0 Å². The number of carboxylic acids is 1. The maximum Gasteiger partial charge on any atom is 0.340 e. The highest BCUT2D eigenvalue weighted by molar-refractivity contribution is 7.92. The highest BCUT2D eigenvalue weighted by Crippen LogP contribution is 2.21. The lowest BCUT2D eigenvalue weighted by Crippen LogP contribution is -2.20. The number of hydrogen-bond donors (Lipinski definition) is 2. The van der Waals surface area contributed by atoms with Gasteiger partial charge in [0.2, 0.25) is 10.0 Å². The third-order valence-electron chi connectivity index (χ3n) is 2.31. The van der Waals surface area contributed by atoms with Crippen LogP contribution in [0.4, 0.5) is 14.5 Å². The number of carbonyl (C=O) groups excluding carboxylic acids is 1. The van der Waals surface area contributed by atoms with Crippen molar-refractivity contribution in [2.75, 3.05) is 17.6 Å². The van der Waals surface area contributed by atoms with Crippen LogP contribution in [0.15, 0.2) is 12.1 Å². The summed E-state index contributed by atoms with van der Waals surface area (Å²) in [5.41, 5.74) is -1.34. The number of halogens is 2. The second-order valence-corrected chi connectivity index (χ2v) is 5.71. The van der Waals surface area contributed by atoms with Gasteiger partial charge in [0.25, 0.3) is 0 Å². The molecule has 0 bridgehead atoms. The Morgan fingerprint density at radius 1 is 1.29 bits per heavy atom. The van der Waals surface area contributed by atoms with Crippen molar-refractivity contribution in [2.24, 2.45) is 0 Å². The first kappa shape index (κ1) is 16.8. The first-order valence-electron chi connectivity index (χ1n) is 5.46. The molecule has 116 valence electrons. The number of aliphatic carboxylic acids is 1. The molecule has 0 saturated heterocycles. The second-order valence-electron chi connectivity index (χ2n) is 3.87. The van der Waals surface area contributed by atoms with Gasteiger partial charge in [-0.2, -0.15) is 0 Å². The molecular formula is C11H11F2NO6S. The Morgan fingerprint density at radius 2 is 1.90 bits per heavy atom. The summed E-state index contributed by atoms with van der Waals surface area (Å²) in [6.07, 6.45) is -0.692. The summed E-state index contributed by atoms with van der Waals surface area (Å²) in [6.45, 7) is 0. The van der Waals surface area contributed by atoms with Crippen LogP contribution in [-0.4, -0.2) is 38.3 Å². The van der Waals surface area contributed by atoms with Crippen LogP contribution in [0.1, 0.15) is 16.8 Å². The SMILES string of the molecule is COC(=O)c1cc(NS(=O)(=O)CCC(=O)O)c(F)cc1F. The van der Waals surface area contributed by atoms with Crippen LogP contribution in [-0.2, 0) is 19.6 Å². The fourth-order valence-electron chi connectivity index (χ4n) is 1.33. The number of benzene rings is 1. The number of sulfonamides is 1. The number of nitrogens with one attached hydrogen (secondary N) is 1. The number of methoxy groups -OCH3 is 1. The monoisotopic (exact) mass is 323 g/mol. The molecule has 1 rings (SSSR count). The van der Waals surface area contributed by atoms with Gasteiger partial charge in [0.1, 0.15) is 11.6 Å². The van der Waals surface area contributed by atoms with Gasteiger partial charge >= 0.3 is 11.9 Å². The molecule has 0 radical (unpaired) electrons. The zero-order chi connectivity index (χ0) is 16.2. The topological polar surface area (TPSA) is 110 Å². The Labute approximate surface area is 118 Å². The molecule has 0 amide bonds. The Hall–Kier alpha value is -2.23. The Bertz CT molecular complexity index is 674. The van der Waals surface area contributed by atoms with Gasteiger partial charge in [0, 0.05) is 6.07 Å². The van der Waals surface area contributed by atoms with Gasteiger partial charge in [0.05, 0.1) is 30.5 Å². The van der Waals surface area contributed by atoms with Gasteiger partial charge in [-0.3, -0.25) is 9.52 Å². The van der Waals surface area contributed by atoms with E-state index in [1.807, 2.05) is 0 Å². The molecule has 0 atom stereocenters. The Balaban J connectivity index is 3.08. The minimum Gasteiger partial charge on any atom is -0.481 e. The van der Waals surface area contributed by atoms with Crippen molar-refractivity contribution in [1.82, 2.24) is 0 Å². The zero-order valence-electron chi connectivity index (χ0n) is 10.7. The molecule has 1 aromatic carbocycles. The van der Waals surface area contributed by atoms with Crippen molar-refractivity contribution < 1.29 is 36.6 Å². The largest absolute Gasteiger partial charge is 0.481 e. The second kappa shape index (κ2) is 6.48. The van der Waals surface area contributed by atoms with E-state index < -0.39 is 57.0 Å². The Morgan fingerprint density at radius 3 is 2.43 bits per heavy atom. The maximum atomic E-state index is 13.5. The molecule has 0 aromatic heterocycles. The van der Waals surface area contributed by atoms with Crippen LogP contribution in [0.5, 0.6) is 0 Å². The first-order chi connectivity index (χ1) is 9.66. The number of hydrogen-bond acceptors (Lipinski definition) is 5. The molecule has 0 aliphatic carbocycles. The average Bonchev–Trinajstić information content (AvgIpc) is 2.39. The van der Waals surface area contributed by atoms with Crippen molar-refractivity contribution in [3.8, 4) is 0 Å². The van der Waals surface area contributed by atoms with E-state index in [0.717, 1.165) is 7.11 Å². The van der Waals surface area contributed by atoms with Crippen LogP contribution >= 0.6 is 0 Å². The molecule has 0 heterocycles. The van der Waals surface area contributed by atoms with Crippen LogP contribution in [0.2, 0.25) is 0 Å². The Kier molecular flexibility index (Phi) is 5.19. The highest BCUT2D eigenvalue weighted by Gasteiger charge is 2.20. The molecule has 7 nitrogen and oxygen atoms in total. The average molecular weight is 323 g/mol. The van der Waals surface area contributed by atoms with E-state index >= 15 is 0 Å². The predicted molar refractivity (Wildman–Crippen MR) is 67.4 cm³/mol. The number of carboxylic acid groups (broad SMARTS) is 1. The standard InChI is InChI=1S/C11H11F2NO6S/c1-20-11(17)6-4-9(8(13)5-7(6)12)14-21(18,19)3-2-10(15)16/h4-5,14H,2-3H2,1H3,(H,15,16). The van der Waals surface area contributed by atoms with Gasteiger partial charge in [0.15, 0.2) is 0 Å². The van der Waals surface area contributed by atoms with E-state index in [-0.39, 0.29) is 0 Å². The van der Waals surface area contributed by atoms with Crippen LogP contribution in [0.3, 0.4) is 0 Å². The highest BCUT2D eigenvalue weighted by atomic mass is 32.2. The van der Waals surface area contributed by atoms with Gasteiger partial charge in [-0.15, -0.1) is 0 Å². The number of anilines is 1. The number of esters is 1. The summed E-state index contributed by atoms with van der Waals surface area (Å²) in [5.74, 6) is -5.73. The van der Waals surface area contributed by atoms with Gasteiger partial charge in [-0.25, -0.2) is 22.0 Å². The number of carbonyl (C=O) groups is 2. The molecule has 0 fully saturated rings. The van der Waals surface area contributed by atoms with Crippen molar-refractivity contribution in [3.63, 3.8) is 0 Å². The maximum absolute atomic E-state index is 13.5. The van der Waals surface area contributed by atoms with E-state index in [0.29, 0.717) is 12.1 Å². The molecule has 10 heteroatoms. The van der Waals surface area contributed by atoms with Gasteiger partial charge < -0.3 is 9.84 Å². The van der Waals surface area contributed by atoms with Gasteiger partial charge in [-0.05, 0) is 6.07 Å². The zero-order valence-corrected chi connectivity index (χ0v) is 11.5.